The van der Waals surface area contributed by atoms with Crippen LogP contribution in [0.2, 0.25) is 0 Å². The first kappa shape index (κ1) is 14.9. The molecule has 0 amide bonds. The van der Waals surface area contributed by atoms with Crippen molar-refractivity contribution < 1.29 is 13.9 Å². The summed E-state index contributed by atoms with van der Waals surface area (Å²) in [5, 5.41) is 13.0. The van der Waals surface area contributed by atoms with E-state index in [1.165, 1.54) is 17.2 Å². The van der Waals surface area contributed by atoms with Gasteiger partial charge in [-0.25, -0.2) is 8.78 Å². The summed E-state index contributed by atoms with van der Waals surface area (Å²) in [6.45, 7) is 2.49. The van der Waals surface area contributed by atoms with Crippen molar-refractivity contribution in [2.24, 2.45) is 0 Å². The topological polar surface area (TPSA) is 35.5 Å². The molecule has 22 heavy (non-hydrogen) atoms. The molecule has 1 aliphatic heterocycles. The molecule has 0 spiro atoms. The largest absolute Gasteiger partial charge is 0.390 e. The number of hydrogen-bond acceptors (Lipinski definition) is 3. The number of rotatable bonds is 5. The van der Waals surface area contributed by atoms with Crippen molar-refractivity contribution in [3.63, 3.8) is 0 Å². The molecule has 1 atom stereocenters. The molecule has 2 aromatic carbocycles. The first-order valence-electron chi connectivity index (χ1n) is 7.28. The summed E-state index contributed by atoms with van der Waals surface area (Å²) in [5.74, 6) is -1.77. The summed E-state index contributed by atoms with van der Waals surface area (Å²) in [6.07, 6.45) is -0.581. The van der Waals surface area contributed by atoms with Crippen LogP contribution < -0.4 is 5.32 Å². The Hall–Kier alpha value is -1.98. The van der Waals surface area contributed by atoms with E-state index in [1.54, 1.807) is 0 Å². The summed E-state index contributed by atoms with van der Waals surface area (Å²) < 4.78 is 25.9. The Morgan fingerprint density at radius 1 is 1.05 bits per heavy atom. The number of β-amino-alcohol motifs (C(OH)–C–C–N with tert-alkyl or cyclic N) is 1. The second-order valence-electron chi connectivity index (χ2n) is 5.60. The molecule has 3 nitrogen and oxygen atoms in total. The third-order valence-electron chi connectivity index (χ3n) is 3.84. The Morgan fingerprint density at radius 2 is 1.73 bits per heavy atom. The Bertz CT molecular complexity index is 638. The lowest BCUT2D eigenvalue weighted by atomic mass is 10.1. The number of nitrogens with one attached hydrogen (secondary N) is 1. The highest BCUT2D eigenvalue weighted by Gasteiger charge is 2.20. The predicted octanol–water partition coefficient (Wildman–Crippen LogP) is 2.75. The Morgan fingerprint density at radius 3 is 2.36 bits per heavy atom. The third kappa shape index (κ3) is 3.43. The van der Waals surface area contributed by atoms with E-state index >= 15 is 0 Å². The van der Waals surface area contributed by atoms with Crippen LogP contribution >= 0.6 is 0 Å². The molecule has 2 N–H and O–H groups in total. The van der Waals surface area contributed by atoms with Crippen LogP contribution in [0.25, 0.3) is 0 Å². The van der Waals surface area contributed by atoms with Crippen molar-refractivity contribution in [2.75, 3.05) is 18.4 Å². The monoisotopic (exact) mass is 304 g/mol. The summed E-state index contributed by atoms with van der Waals surface area (Å²) in [5.41, 5.74) is 3.05. The van der Waals surface area contributed by atoms with Crippen molar-refractivity contribution in [3.05, 3.63) is 65.2 Å². The minimum absolute atomic E-state index is 0.290. The second-order valence-corrected chi connectivity index (χ2v) is 5.60. The average Bonchev–Trinajstić information content (AvgIpc) is 2.90. The SMILES string of the molecule is OC(CNc1ccc(F)c(F)c1)CN1Cc2ccccc2C1. The van der Waals surface area contributed by atoms with Gasteiger partial charge in [0.15, 0.2) is 11.6 Å². The minimum Gasteiger partial charge on any atom is -0.390 e. The number of hydrogen-bond donors (Lipinski definition) is 2. The zero-order chi connectivity index (χ0) is 15.5. The van der Waals surface area contributed by atoms with Crippen LogP contribution in [-0.2, 0) is 13.1 Å². The van der Waals surface area contributed by atoms with E-state index in [0.29, 0.717) is 12.2 Å². The van der Waals surface area contributed by atoms with E-state index in [-0.39, 0.29) is 6.54 Å². The Balaban J connectivity index is 1.49. The smallest absolute Gasteiger partial charge is 0.160 e. The number of aliphatic hydroxyl groups excluding tert-OH is 1. The fourth-order valence-corrected chi connectivity index (χ4v) is 2.74. The van der Waals surface area contributed by atoms with Crippen LogP contribution in [-0.4, -0.2) is 29.2 Å². The van der Waals surface area contributed by atoms with Gasteiger partial charge >= 0.3 is 0 Å². The molecule has 0 aromatic heterocycles. The highest BCUT2D eigenvalue weighted by molar-refractivity contribution is 5.43. The van der Waals surface area contributed by atoms with Crippen LogP contribution in [0, 0.1) is 11.6 Å². The Kier molecular flexibility index (Phi) is 4.36. The lowest BCUT2D eigenvalue weighted by molar-refractivity contribution is 0.121. The van der Waals surface area contributed by atoms with Crippen molar-refractivity contribution in [1.29, 1.82) is 0 Å². The number of halogens is 2. The normalized spacial score (nSPS) is 15.6. The number of anilines is 1. The zero-order valence-corrected chi connectivity index (χ0v) is 12.1. The van der Waals surface area contributed by atoms with Gasteiger partial charge in [0.1, 0.15) is 0 Å². The van der Waals surface area contributed by atoms with Gasteiger partial charge in [0, 0.05) is 37.9 Å². The van der Waals surface area contributed by atoms with Crippen molar-refractivity contribution in [3.8, 4) is 0 Å². The molecule has 2 aromatic rings. The summed E-state index contributed by atoms with van der Waals surface area (Å²) in [4.78, 5) is 2.17. The summed E-state index contributed by atoms with van der Waals surface area (Å²) in [6, 6.07) is 11.8. The molecule has 0 bridgehead atoms. The summed E-state index contributed by atoms with van der Waals surface area (Å²) >= 11 is 0. The molecular weight excluding hydrogens is 286 g/mol. The molecule has 0 fully saturated rings. The number of benzene rings is 2. The summed E-state index contributed by atoms with van der Waals surface area (Å²) in [7, 11) is 0. The second kappa shape index (κ2) is 6.42. The molecule has 1 aliphatic rings. The molecule has 3 rings (SSSR count). The lowest BCUT2D eigenvalue weighted by Crippen LogP contribution is -2.33. The maximum absolute atomic E-state index is 13.1. The molecule has 5 heteroatoms. The number of nitrogens with zero attached hydrogens (tertiary/aromatic N) is 1. The van der Waals surface area contributed by atoms with Crippen LogP contribution in [0.1, 0.15) is 11.1 Å². The Labute approximate surface area is 128 Å². The first-order chi connectivity index (χ1) is 10.6. The van der Waals surface area contributed by atoms with Crippen LogP contribution in [0.3, 0.4) is 0 Å². The first-order valence-corrected chi connectivity index (χ1v) is 7.28. The van der Waals surface area contributed by atoms with E-state index in [4.69, 9.17) is 0 Å². The quantitative estimate of drug-likeness (QED) is 0.891. The van der Waals surface area contributed by atoms with Crippen molar-refractivity contribution in [1.82, 2.24) is 4.90 Å². The predicted molar refractivity (Wildman–Crippen MR) is 81.4 cm³/mol. The van der Waals surface area contributed by atoms with Gasteiger partial charge in [-0.05, 0) is 23.3 Å². The maximum Gasteiger partial charge on any atom is 0.160 e. The fraction of sp³-hybridized carbons (Fsp3) is 0.294. The molecule has 0 saturated carbocycles. The average molecular weight is 304 g/mol. The maximum atomic E-state index is 13.1. The van der Waals surface area contributed by atoms with E-state index in [1.807, 2.05) is 12.1 Å². The van der Waals surface area contributed by atoms with Gasteiger partial charge in [0.05, 0.1) is 6.10 Å². The van der Waals surface area contributed by atoms with Crippen LogP contribution in [0.5, 0.6) is 0 Å². The third-order valence-corrected chi connectivity index (χ3v) is 3.84. The van der Waals surface area contributed by atoms with Gasteiger partial charge < -0.3 is 10.4 Å². The molecule has 116 valence electrons. The number of fused-ring (bicyclic) bond motifs is 1. The van der Waals surface area contributed by atoms with Crippen LogP contribution in [0.15, 0.2) is 42.5 Å². The van der Waals surface area contributed by atoms with E-state index in [0.717, 1.165) is 25.2 Å². The molecule has 1 heterocycles. The van der Waals surface area contributed by atoms with Gasteiger partial charge in [-0.2, -0.15) is 0 Å². The molecule has 1 unspecified atom stereocenters. The standard InChI is InChI=1S/C17H18F2N2O/c18-16-6-5-14(7-17(16)19)20-8-15(22)11-21-9-12-3-1-2-4-13(12)10-21/h1-7,15,20,22H,8-11H2. The van der Waals surface area contributed by atoms with E-state index in [9.17, 15) is 13.9 Å². The molecule has 0 radical (unpaired) electrons. The van der Waals surface area contributed by atoms with E-state index in [2.05, 4.69) is 22.3 Å². The highest BCUT2D eigenvalue weighted by Crippen LogP contribution is 2.22. The lowest BCUT2D eigenvalue weighted by Gasteiger charge is -2.20. The van der Waals surface area contributed by atoms with Crippen LogP contribution in [0.4, 0.5) is 14.5 Å². The van der Waals surface area contributed by atoms with Crippen molar-refractivity contribution >= 4 is 5.69 Å². The highest BCUT2D eigenvalue weighted by atomic mass is 19.2. The van der Waals surface area contributed by atoms with Gasteiger partial charge in [0.25, 0.3) is 0 Å². The minimum atomic E-state index is -0.894. The molecular formula is C17H18F2N2O. The molecule has 0 saturated heterocycles. The molecule has 0 aliphatic carbocycles. The van der Waals surface area contributed by atoms with Gasteiger partial charge in [-0.15, -0.1) is 0 Å². The fourth-order valence-electron chi connectivity index (χ4n) is 2.74. The van der Waals surface area contributed by atoms with Crippen molar-refractivity contribution in [2.45, 2.75) is 19.2 Å². The van der Waals surface area contributed by atoms with Gasteiger partial charge in [0.2, 0.25) is 0 Å². The van der Waals surface area contributed by atoms with Gasteiger partial charge in [-0.1, -0.05) is 24.3 Å². The zero-order valence-electron chi connectivity index (χ0n) is 12.1. The van der Waals surface area contributed by atoms with Gasteiger partial charge in [-0.3, -0.25) is 4.90 Å². The number of aliphatic hydroxyl groups is 1. The van der Waals surface area contributed by atoms with E-state index < -0.39 is 17.7 Å².